The van der Waals surface area contributed by atoms with Crippen LogP contribution in [0.2, 0.25) is 0 Å². The van der Waals surface area contributed by atoms with Crippen molar-refractivity contribution in [2.75, 3.05) is 0 Å². The molecule has 0 bridgehead atoms. The number of aliphatic carboxylic acids is 1. The summed E-state index contributed by atoms with van der Waals surface area (Å²) < 4.78 is 0. The van der Waals surface area contributed by atoms with Crippen LogP contribution in [-0.2, 0) is 9.59 Å². The van der Waals surface area contributed by atoms with E-state index >= 15 is 0 Å². The molecule has 0 spiro atoms. The predicted molar refractivity (Wildman–Crippen MR) is 69.8 cm³/mol. The second kappa shape index (κ2) is 5.52. The fourth-order valence-corrected chi connectivity index (χ4v) is 1.97. The maximum Gasteiger partial charge on any atom is 0.371 e. The molecule has 1 aromatic carbocycles. The van der Waals surface area contributed by atoms with Gasteiger partial charge in [0, 0.05) is 12.1 Å². The summed E-state index contributed by atoms with van der Waals surface area (Å²) in [6.07, 6.45) is 0. The van der Waals surface area contributed by atoms with Crippen molar-refractivity contribution in [1.29, 1.82) is 0 Å². The van der Waals surface area contributed by atoms with Gasteiger partial charge >= 0.3 is 12.0 Å². The predicted octanol–water partition coefficient (Wildman–Crippen LogP) is 0.372. The van der Waals surface area contributed by atoms with Gasteiger partial charge in [0.25, 0.3) is 11.6 Å². The number of rotatable bonds is 3. The summed E-state index contributed by atoms with van der Waals surface area (Å²) in [7, 11) is 0. The van der Waals surface area contributed by atoms with E-state index in [0.717, 1.165) is 6.07 Å². The number of carbonyl (C=O) groups is 3. The number of amides is 3. The highest BCUT2D eigenvalue weighted by atomic mass is 16.6. The molecule has 1 heterocycles. The summed E-state index contributed by atoms with van der Waals surface area (Å²) in [6, 6.07) is 2.68. The van der Waals surface area contributed by atoms with E-state index in [1.54, 1.807) is 5.32 Å². The summed E-state index contributed by atoms with van der Waals surface area (Å²) in [5.74, 6) is -4.12. The van der Waals surface area contributed by atoms with Gasteiger partial charge in [-0.3, -0.25) is 20.2 Å². The van der Waals surface area contributed by atoms with E-state index in [4.69, 9.17) is 5.11 Å². The molecular formula is C12H9N3O7. The normalized spacial score (nSPS) is 19.9. The van der Waals surface area contributed by atoms with Crippen LogP contribution < -0.4 is 10.6 Å². The Morgan fingerprint density at radius 2 is 1.95 bits per heavy atom. The van der Waals surface area contributed by atoms with Gasteiger partial charge in [-0.15, -0.1) is 0 Å². The molecule has 1 aliphatic rings. The smallest absolute Gasteiger partial charge is 0.371 e. The number of carboxylic acids is 1. The number of carbonyl (C=O) groups excluding carboxylic acids is 2. The lowest BCUT2D eigenvalue weighted by Gasteiger charge is -2.26. The zero-order valence-corrected chi connectivity index (χ0v) is 10.8. The Morgan fingerprint density at radius 3 is 2.55 bits per heavy atom. The highest BCUT2D eigenvalue weighted by Crippen LogP contribution is 2.28. The van der Waals surface area contributed by atoms with Crippen molar-refractivity contribution >= 4 is 23.6 Å². The number of hydrogen-bond acceptors (Lipinski definition) is 6. The molecule has 2 rings (SSSR count). The Labute approximate surface area is 122 Å². The highest BCUT2D eigenvalue weighted by molar-refractivity contribution is 6.11. The maximum absolute atomic E-state index is 11.8. The number of nitrogens with zero attached hydrogens (tertiary/aromatic N) is 1. The van der Waals surface area contributed by atoms with Crippen molar-refractivity contribution in [3.8, 4) is 0 Å². The molecule has 10 heteroatoms. The van der Waals surface area contributed by atoms with Gasteiger partial charge in [0.05, 0.1) is 16.5 Å². The Hall–Kier alpha value is -3.43. The molecule has 0 radical (unpaired) electrons. The summed E-state index contributed by atoms with van der Waals surface area (Å²) in [6.45, 7) is 0. The third-order valence-electron chi connectivity index (χ3n) is 2.91. The van der Waals surface area contributed by atoms with E-state index < -0.39 is 40.2 Å². The van der Waals surface area contributed by atoms with Crippen molar-refractivity contribution < 1.29 is 29.5 Å². The van der Waals surface area contributed by atoms with E-state index in [2.05, 4.69) is 5.32 Å². The quantitative estimate of drug-likeness (QED) is 0.271. The SMILES string of the molecule is O=C1NC(=O)/C(=C(/O)C(=O)O)C(c2cccc([N+](=O)[O-])c2)N1. The Balaban J connectivity index is 2.58. The molecule has 10 nitrogen and oxygen atoms in total. The van der Waals surface area contributed by atoms with Crippen molar-refractivity contribution in [2.24, 2.45) is 0 Å². The van der Waals surface area contributed by atoms with Crippen LogP contribution in [0.3, 0.4) is 0 Å². The topological polar surface area (TPSA) is 159 Å². The van der Waals surface area contributed by atoms with Crippen molar-refractivity contribution in [1.82, 2.24) is 10.6 Å². The minimum Gasteiger partial charge on any atom is -0.501 e. The third-order valence-corrected chi connectivity index (χ3v) is 2.91. The zero-order chi connectivity index (χ0) is 16.4. The average molecular weight is 307 g/mol. The van der Waals surface area contributed by atoms with Crippen LogP contribution in [0.1, 0.15) is 11.6 Å². The summed E-state index contributed by atoms with van der Waals surface area (Å²) in [5, 5.41) is 33.2. The molecule has 1 unspecified atom stereocenters. The highest BCUT2D eigenvalue weighted by Gasteiger charge is 2.36. The van der Waals surface area contributed by atoms with Crippen LogP contribution in [-0.4, -0.2) is 33.0 Å². The molecule has 3 amide bonds. The lowest BCUT2D eigenvalue weighted by atomic mass is 9.95. The van der Waals surface area contributed by atoms with Crippen LogP contribution in [0.5, 0.6) is 0 Å². The van der Waals surface area contributed by atoms with E-state index in [1.165, 1.54) is 18.2 Å². The molecule has 1 atom stereocenters. The summed E-state index contributed by atoms with van der Waals surface area (Å²) >= 11 is 0. The number of imide groups is 1. The number of nitro benzene ring substituents is 1. The molecule has 1 aromatic rings. The van der Waals surface area contributed by atoms with Crippen LogP contribution in [0.15, 0.2) is 35.6 Å². The second-order valence-corrected chi connectivity index (χ2v) is 4.28. The molecule has 0 saturated carbocycles. The average Bonchev–Trinajstić information content (AvgIpc) is 2.45. The Bertz CT molecular complexity index is 725. The molecule has 1 aliphatic heterocycles. The fraction of sp³-hybridized carbons (Fsp3) is 0.0833. The zero-order valence-electron chi connectivity index (χ0n) is 10.8. The van der Waals surface area contributed by atoms with Gasteiger partial charge in [-0.05, 0) is 5.56 Å². The first-order valence-corrected chi connectivity index (χ1v) is 5.84. The molecule has 22 heavy (non-hydrogen) atoms. The number of carboxylic acid groups (broad SMARTS) is 1. The monoisotopic (exact) mass is 307 g/mol. The maximum atomic E-state index is 11.8. The van der Waals surface area contributed by atoms with Gasteiger partial charge < -0.3 is 15.5 Å². The van der Waals surface area contributed by atoms with Crippen LogP contribution in [0.25, 0.3) is 0 Å². The van der Waals surface area contributed by atoms with E-state index in [0.29, 0.717) is 0 Å². The number of benzene rings is 1. The van der Waals surface area contributed by atoms with Crippen molar-refractivity contribution in [3.63, 3.8) is 0 Å². The Morgan fingerprint density at radius 1 is 1.27 bits per heavy atom. The summed E-state index contributed by atoms with van der Waals surface area (Å²) in [4.78, 5) is 44.1. The minimum atomic E-state index is -1.77. The molecule has 1 fully saturated rings. The van der Waals surface area contributed by atoms with Gasteiger partial charge in [-0.2, -0.15) is 0 Å². The van der Waals surface area contributed by atoms with E-state index in [-0.39, 0.29) is 11.3 Å². The molecule has 114 valence electrons. The molecule has 1 saturated heterocycles. The van der Waals surface area contributed by atoms with E-state index in [1.807, 2.05) is 0 Å². The molecule has 4 N–H and O–H groups in total. The number of hydrogen-bond donors (Lipinski definition) is 4. The number of nitrogens with one attached hydrogen (secondary N) is 2. The number of nitro groups is 1. The molecule has 0 aromatic heterocycles. The lowest BCUT2D eigenvalue weighted by Crippen LogP contribution is -2.50. The van der Waals surface area contributed by atoms with Gasteiger partial charge in [0.1, 0.15) is 0 Å². The lowest BCUT2D eigenvalue weighted by molar-refractivity contribution is -0.384. The third kappa shape index (κ3) is 2.70. The van der Waals surface area contributed by atoms with Gasteiger partial charge in [-0.25, -0.2) is 9.59 Å². The van der Waals surface area contributed by atoms with Gasteiger partial charge in [0.2, 0.25) is 5.76 Å². The van der Waals surface area contributed by atoms with Crippen LogP contribution >= 0.6 is 0 Å². The minimum absolute atomic E-state index is 0.0835. The number of urea groups is 1. The first-order valence-electron chi connectivity index (χ1n) is 5.84. The molecule has 0 aliphatic carbocycles. The van der Waals surface area contributed by atoms with Gasteiger partial charge in [0.15, 0.2) is 0 Å². The van der Waals surface area contributed by atoms with Crippen molar-refractivity contribution in [3.05, 3.63) is 51.3 Å². The first-order chi connectivity index (χ1) is 10.3. The first kappa shape index (κ1) is 15.0. The fourth-order valence-electron chi connectivity index (χ4n) is 1.97. The standard InChI is InChI=1S/C12H9N3O7/c16-9(11(18)19)7-8(13-12(20)14-10(7)17)5-2-1-3-6(4-5)15(21)22/h1-4,8,16H,(H,18,19)(H2,13,14,17,20)/b9-7+. The molecular weight excluding hydrogens is 298 g/mol. The van der Waals surface area contributed by atoms with Crippen LogP contribution in [0, 0.1) is 10.1 Å². The Kier molecular flexibility index (Phi) is 3.75. The van der Waals surface area contributed by atoms with Crippen molar-refractivity contribution in [2.45, 2.75) is 6.04 Å². The van der Waals surface area contributed by atoms with E-state index in [9.17, 15) is 29.6 Å². The van der Waals surface area contributed by atoms with Gasteiger partial charge in [-0.1, -0.05) is 12.1 Å². The number of aliphatic hydroxyl groups excluding tert-OH is 1. The summed E-state index contributed by atoms with van der Waals surface area (Å²) in [5.41, 5.74) is -0.848. The largest absolute Gasteiger partial charge is 0.501 e. The second-order valence-electron chi connectivity index (χ2n) is 4.28. The number of aliphatic hydroxyl groups is 1. The van der Waals surface area contributed by atoms with Crippen LogP contribution in [0.4, 0.5) is 10.5 Å². The number of non-ortho nitro benzene ring substituents is 1.